The van der Waals surface area contributed by atoms with Crippen LogP contribution < -0.4 is 5.73 Å². The molecule has 0 radical (unpaired) electrons. The molecule has 2 heterocycles. The maximum absolute atomic E-state index is 13.6. The molecule has 0 amide bonds. The van der Waals surface area contributed by atoms with Gasteiger partial charge in [0.1, 0.15) is 5.82 Å². The maximum Gasteiger partial charge on any atom is 0.310 e. The molecule has 0 spiro atoms. The minimum absolute atomic E-state index is 0.0214. The van der Waals surface area contributed by atoms with Gasteiger partial charge in [0, 0.05) is 30.6 Å². The van der Waals surface area contributed by atoms with Crippen LogP contribution in [0.4, 0.5) is 5.82 Å². The van der Waals surface area contributed by atoms with Crippen molar-refractivity contribution in [1.29, 1.82) is 0 Å². The van der Waals surface area contributed by atoms with Crippen molar-refractivity contribution >= 4 is 17.4 Å². The number of carboxylic acids is 1. The number of hydrogen-bond acceptors (Lipinski definition) is 5. The van der Waals surface area contributed by atoms with Gasteiger partial charge in [0.05, 0.1) is 24.3 Å². The first kappa shape index (κ1) is 33.5. The molecule has 1 saturated heterocycles. The molecule has 7 heteroatoms. The third kappa shape index (κ3) is 4.59. The van der Waals surface area contributed by atoms with E-state index in [4.69, 9.17) is 15.6 Å². The van der Waals surface area contributed by atoms with Crippen LogP contribution in [0.1, 0.15) is 122 Å². The summed E-state index contributed by atoms with van der Waals surface area (Å²) in [5.74, 6) is 1.12. The third-order valence-electron chi connectivity index (χ3n) is 16.2. The second-order valence-corrected chi connectivity index (χ2v) is 19.3. The standard InChI is InChI=1S/C42H60N4O3/c1-37(2)14-16-42(36(47)48)17-15-41(7)33(30(42)24-37)28(27-11-9-8-10-26(27)25-46-18-20-49-21-19-46)22-32-39(5)23-29-34(44-45-35(29)43)38(3,4)31(39)12-13-40(32,41)6/h8-11,30-32H,12-25H2,1-7H3,(H,47,48)(H3,43,44,45). The summed E-state index contributed by atoms with van der Waals surface area (Å²) in [7, 11) is 0. The first-order valence-electron chi connectivity index (χ1n) is 19.3. The molecule has 5 aliphatic carbocycles. The Morgan fingerprint density at radius 1 is 1.00 bits per heavy atom. The average Bonchev–Trinajstić information content (AvgIpc) is 3.42. The number of ether oxygens (including phenoxy) is 1. The fourth-order valence-corrected chi connectivity index (χ4v) is 13.4. The number of hydrogen-bond donors (Lipinski definition) is 3. The fraction of sp³-hybridized carbons (Fsp3) is 0.714. The van der Waals surface area contributed by atoms with E-state index in [2.05, 4.69) is 82.7 Å². The molecule has 3 saturated carbocycles. The van der Waals surface area contributed by atoms with Gasteiger partial charge in [-0.25, -0.2) is 0 Å². The van der Waals surface area contributed by atoms with Crippen LogP contribution in [0, 0.1) is 44.8 Å². The van der Waals surface area contributed by atoms with E-state index < -0.39 is 11.4 Å². The minimum Gasteiger partial charge on any atom is -0.481 e. The quantitative estimate of drug-likeness (QED) is 0.303. The molecule has 1 aromatic heterocycles. The molecular formula is C42H60N4O3. The lowest BCUT2D eigenvalue weighted by molar-refractivity contribution is -0.175. The van der Waals surface area contributed by atoms with Crippen LogP contribution in [0.2, 0.25) is 0 Å². The van der Waals surface area contributed by atoms with Gasteiger partial charge in [-0.2, -0.15) is 5.10 Å². The molecular weight excluding hydrogens is 608 g/mol. The van der Waals surface area contributed by atoms with Gasteiger partial charge in [-0.3, -0.25) is 14.8 Å². The molecule has 4 N–H and O–H groups in total. The van der Waals surface area contributed by atoms with Gasteiger partial charge in [0.25, 0.3) is 0 Å². The van der Waals surface area contributed by atoms with Crippen molar-refractivity contribution < 1.29 is 14.6 Å². The number of aliphatic carboxylic acids is 1. The Balaban J connectivity index is 1.36. The smallest absolute Gasteiger partial charge is 0.310 e. The predicted octanol–water partition coefficient (Wildman–Crippen LogP) is 8.25. The van der Waals surface area contributed by atoms with Crippen molar-refractivity contribution in [2.75, 3.05) is 32.0 Å². The molecule has 7 atom stereocenters. The number of rotatable bonds is 4. The largest absolute Gasteiger partial charge is 0.481 e. The van der Waals surface area contributed by atoms with Crippen LogP contribution in [0.3, 0.4) is 0 Å². The number of nitrogens with two attached hydrogens (primary N) is 1. The van der Waals surface area contributed by atoms with E-state index in [1.165, 1.54) is 33.5 Å². The molecule has 6 aliphatic rings. The Bertz CT molecular complexity index is 1700. The van der Waals surface area contributed by atoms with Crippen molar-refractivity contribution in [2.45, 2.75) is 118 Å². The molecule has 4 fully saturated rings. The Morgan fingerprint density at radius 3 is 2.45 bits per heavy atom. The lowest BCUT2D eigenvalue weighted by Crippen LogP contribution is -2.65. The Morgan fingerprint density at radius 2 is 1.71 bits per heavy atom. The highest BCUT2D eigenvalue weighted by atomic mass is 16.5. The lowest BCUT2D eigenvalue weighted by atomic mass is 9.32. The van der Waals surface area contributed by atoms with Crippen LogP contribution >= 0.6 is 0 Å². The van der Waals surface area contributed by atoms with Crippen molar-refractivity contribution in [3.63, 3.8) is 0 Å². The number of aromatic nitrogens is 2. The zero-order valence-electron chi connectivity index (χ0n) is 31.2. The van der Waals surface area contributed by atoms with Crippen LogP contribution in [0.5, 0.6) is 0 Å². The highest BCUT2D eigenvalue weighted by Crippen LogP contribution is 2.77. The first-order valence-corrected chi connectivity index (χ1v) is 19.3. The molecule has 7 unspecified atom stereocenters. The number of allylic oxidation sites excluding steroid dienone is 2. The summed E-state index contributed by atoms with van der Waals surface area (Å²) in [6, 6.07) is 9.15. The molecule has 49 heavy (non-hydrogen) atoms. The number of nitrogens with one attached hydrogen (secondary N) is 1. The number of anilines is 1. The van der Waals surface area contributed by atoms with E-state index in [1.807, 2.05) is 0 Å². The Labute approximate surface area is 293 Å². The minimum atomic E-state index is -0.688. The number of carbonyl (C=O) groups is 1. The van der Waals surface area contributed by atoms with Crippen LogP contribution in [-0.2, 0) is 27.9 Å². The second kappa shape index (κ2) is 10.9. The molecule has 2 aromatic rings. The third-order valence-corrected chi connectivity index (χ3v) is 16.2. The van der Waals surface area contributed by atoms with Crippen LogP contribution in [0.15, 0.2) is 29.8 Å². The van der Waals surface area contributed by atoms with E-state index in [0.29, 0.717) is 11.8 Å². The number of nitrogens with zero attached hydrogens (tertiary/aromatic N) is 2. The van der Waals surface area contributed by atoms with E-state index in [9.17, 15) is 9.90 Å². The average molecular weight is 669 g/mol. The van der Waals surface area contributed by atoms with Crippen molar-refractivity contribution in [3.05, 3.63) is 52.2 Å². The van der Waals surface area contributed by atoms with Gasteiger partial charge < -0.3 is 15.6 Å². The van der Waals surface area contributed by atoms with Gasteiger partial charge in [0.2, 0.25) is 0 Å². The van der Waals surface area contributed by atoms with Crippen molar-refractivity contribution in [3.8, 4) is 0 Å². The number of fused-ring (bicyclic) bond motifs is 8. The second-order valence-electron chi connectivity index (χ2n) is 19.3. The van der Waals surface area contributed by atoms with Gasteiger partial charge in [-0.1, -0.05) is 78.3 Å². The van der Waals surface area contributed by atoms with E-state index >= 15 is 0 Å². The van der Waals surface area contributed by atoms with Gasteiger partial charge in [-0.15, -0.1) is 0 Å². The summed E-state index contributed by atoms with van der Waals surface area (Å²) in [5.41, 5.74) is 14.1. The number of nitrogen functional groups attached to an aromatic ring is 1. The molecule has 1 aromatic carbocycles. The number of benzene rings is 1. The summed E-state index contributed by atoms with van der Waals surface area (Å²) >= 11 is 0. The Kier molecular flexibility index (Phi) is 7.47. The topological polar surface area (TPSA) is 104 Å². The number of aromatic amines is 1. The summed E-state index contributed by atoms with van der Waals surface area (Å²) < 4.78 is 5.73. The lowest BCUT2D eigenvalue weighted by Gasteiger charge is -2.71. The molecule has 8 rings (SSSR count). The number of H-pyrrole nitrogens is 1. The van der Waals surface area contributed by atoms with E-state index in [-0.39, 0.29) is 33.0 Å². The Hall–Kier alpha value is -2.64. The summed E-state index contributed by atoms with van der Waals surface area (Å²) in [6.45, 7) is 21.7. The number of morpholine rings is 1. The molecule has 0 bridgehead atoms. The molecule has 266 valence electrons. The monoisotopic (exact) mass is 668 g/mol. The molecule has 7 nitrogen and oxygen atoms in total. The van der Waals surface area contributed by atoms with Gasteiger partial charge >= 0.3 is 5.97 Å². The molecule has 1 aliphatic heterocycles. The van der Waals surface area contributed by atoms with Crippen LogP contribution in [0.25, 0.3) is 5.57 Å². The van der Waals surface area contributed by atoms with Gasteiger partial charge in [0.15, 0.2) is 0 Å². The van der Waals surface area contributed by atoms with E-state index in [1.54, 1.807) is 0 Å². The zero-order valence-corrected chi connectivity index (χ0v) is 31.2. The predicted molar refractivity (Wildman–Crippen MR) is 195 cm³/mol. The summed E-state index contributed by atoms with van der Waals surface area (Å²) in [4.78, 5) is 16.1. The zero-order chi connectivity index (χ0) is 34.8. The maximum atomic E-state index is 13.6. The first-order chi connectivity index (χ1) is 23.1. The number of carboxylic acid groups (broad SMARTS) is 1. The fourth-order valence-electron chi connectivity index (χ4n) is 13.4. The normalized spacial score (nSPS) is 39.6. The van der Waals surface area contributed by atoms with Crippen molar-refractivity contribution in [1.82, 2.24) is 15.1 Å². The van der Waals surface area contributed by atoms with E-state index in [0.717, 1.165) is 96.5 Å². The summed E-state index contributed by atoms with van der Waals surface area (Å²) in [5, 5.41) is 19.2. The summed E-state index contributed by atoms with van der Waals surface area (Å²) in [6.07, 6.45) is 8.68. The van der Waals surface area contributed by atoms with Gasteiger partial charge in [-0.05, 0) is 114 Å². The van der Waals surface area contributed by atoms with Crippen LogP contribution in [-0.4, -0.2) is 52.5 Å². The highest BCUT2D eigenvalue weighted by molar-refractivity contribution is 5.81. The SMILES string of the molecule is CC1(C)CCC2(C(=O)O)CCC3(C)C(=C(c4ccccc4CN4CCOCC4)CC4C5(C)Cc6c(n[nH]c6N)C(C)(C)C5CCC43C)C2C1. The van der Waals surface area contributed by atoms with Crippen molar-refractivity contribution in [2.24, 2.45) is 44.8 Å². The highest BCUT2D eigenvalue weighted by Gasteiger charge is 2.70.